The minimum absolute atomic E-state index is 0.0541. The van der Waals surface area contributed by atoms with Gasteiger partial charge in [0.05, 0.1) is 31.0 Å². The summed E-state index contributed by atoms with van der Waals surface area (Å²) in [6, 6.07) is 1.83. The number of morpholine rings is 1. The van der Waals surface area contributed by atoms with Gasteiger partial charge in [0.2, 0.25) is 5.91 Å². The van der Waals surface area contributed by atoms with Crippen molar-refractivity contribution in [1.82, 2.24) is 20.0 Å². The Hall–Kier alpha value is -2.28. The van der Waals surface area contributed by atoms with Crippen LogP contribution in [0, 0.1) is 20.8 Å². The summed E-state index contributed by atoms with van der Waals surface area (Å²) in [6.45, 7) is 7.11. The molecule has 23 heavy (non-hydrogen) atoms. The van der Waals surface area contributed by atoms with Gasteiger partial charge in [0.15, 0.2) is 0 Å². The van der Waals surface area contributed by atoms with Crippen LogP contribution in [0.15, 0.2) is 16.8 Å². The molecule has 1 aliphatic rings. The molecular formula is C16H20N4O3. The van der Waals surface area contributed by atoms with Gasteiger partial charge in [-0.15, -0.1) is 0 Å². The summed E-state index contributed by atoms with van der Waals surface area (Å²) in [4.78, 5) is 22.9. The normalized spacial score (nSPS) is 18.2. The third-order valence-electron chi connectivity index (χ3n) is 4.06. The molecule has 0 unspecified atom stereocenters. The van der Waals surface area contributed by atoms with E-state index in [9.17, 15) is 4.79 Å². The molecule has 7 nitrogen and oxygen atoms in total. The molecule has 0 bridgehead atoms. The molecule has 1 fully saturated rings. The van der Waals surface area contributed by atoms with E-state index in [1.165, 1.54) is 0 Å². The minimum atomic E-state index is -0.209. The maximum atomic E-state index is 12.6. The van der Waals surface area contributed by atoms with E-state index in [1.807, 2.05) is 31.7 Å². The average Bonchev–Trinajstić information content (AvgIpc) is 2.87. The summed E-state index contributed by atoms with van der Waals surface area (Å²) in [6.07, 6.45) is 1.81. The largest absolute Gasteiger partial charge is 0.368 e. The Morgan fingerprint density at radius 2 is 2.22 bits per heavy atom. The Morgan fingerprint density at radius 1 is 1.39 bits per heavy atom. The van der Waals surface area contributed by atoms with Crippen molar-refractivity contribution in [2.24, 2.45) is 0 Å². The van der Waals surface area contributed by atoms with Gasteiger partial charge in [0, 0.05) is 18.3 Å². The molecule has 3 rings (SSSR count). The van der Waals surface area contributed by atoms with Crippen LogP contribution >= 0.6 is 0 Å². The molecule has 0 N–H and O–H groups in total. The smallest absolute Gasteiger partial charge is 0.227 e. The third-order valence-corrected chi connectivity index (χ3v) is 4.06. The fraction of sp³-hybridized carbons (Fsp3) is 0.500. The zero-order valence-electron chi connectivity index (χ0n) is 13.6. The van der Waals surface area contributed by atoms with Crippen LogP contribution in [0.5, 0.6) is 0 Å². The summed E-state index contributed by atoms with van der Waals surface area (Å²) in [5.41, 5.74) is 2.45. The summed E-state index contributed by atoms with van der Waals surface area (Å²) in [5, 5.41) is 3.90. The molecule has 0 spiro atoms. The van der Waals surface area contributed by atoms with Gasteiger partial charge in [0.1, 0.15) is 17.7 Å². The molecule has 2 aromatic rings. The standard InChI is InChI=1S/C16H20N4O3/c1-10-13(11(2)23-19-10)8-16(21)20-6-7-22-15(9-20)14-4-5-17-12(3)18-14/h4-5,15H,6-9H2,1-3H3/t15-/m1/s1. The molecule has 1 aliphatic heterocycles. The highest BCUT2D eigenvalue weighted by Crippen LogP contribution is 2.22. The number of amides is 1. The van der Waals surface area contributed by atoms with Crippen LogP contribution in [-0.2, 0) is 16.0 Å². The van der Waals surface area contributed by atoms with Gasteiger partial charge in [-0.3, -0.25) is 4.79 Å². The monoisotopic (exact) mass is 316 g/mol. The van der Waals surface area contributed by atoms with Gasteiger partial charge < -0.3 is 14.2 Å². The quantitative estimate of drug-likeness (QED) is 0.854. The van der Waals surface area contributed by atoms with E-state index < -0.39 is 0 Å². The van der Waals surface area contributed by atoms with Crippen LogP contribution < -0.4 is 0 Å². The second-order valence-electron chi connectivity index (χ2n) is 5.71. The Morgan fingerprint density at radius 3 is 2.91 bits per heavy atom. The lowest BCUT2D eigenvalue weighted by Crippen LogP contribution is -2.43. The highest BCUT2D eigenvalue weighted by molar-refractivity contribution is 5.79. The number of aryl methyl sites for hydroxylation is 3. The lowest BCUT2D eigenvalue weighted by molar-refractivity contribution is -0.138. The number of nitrogens with zero attached hydrogens (tertiary/aromatic N) is 4. The van der Waals surface area contributed by atoms with Crippen molar-refractivity contribution >= 4 is 5.91 Å². The first-order chi connectivity index (χ1) is 11.0. The summed E-state index contributed by atoms with van der Waals surface area (Å²) in [5.74, 6) is 1.45. The van der Waals surface area contributed by atoms with E-state index in [-0.39, 0.29) is 12.0 Å². The number of hydrogen-bond donors (Lipinski definition) is 0. The van der Waals surface area contributed by atoms with Gasteiger partial charge in [-0.2, -0.15) is 0 Å². The van der Waals surface area contributed by atoms with Crippen molar-refractivity contribution in [2.75, 3.05) is 19.7 Å². The summed E-state index contributed by atoms with van der Waals surface area (Å²) in [7, 11) is 0. The number of ether oxygens (including phenoxy) is 1. The topological polar surface area (TPSA) is 81.4 Å². The summed E-state index contributed by atoms with van der Waals surface area (Å²) >= 11 is 0. The second kappa shape index (κ2) is 6.45. The molecule has 2 aromatic heterocycles. The van der Waals surface area contributed by atoms with E-state index in [0.717, 1.165) is 17.0 Å². The lowest BCUT2D eigenvalue weighted by atomic mass is 10.1. The number of hydrogen-bond acceptors (Lipinski definition) is 6. The number of carbonyl (C=O) groups is 1. The van der Waals surface area contributed by atoms with Crippen LogP contribution in [0.1, 0.15) is 34.6 Å². The SMILES string of the molecule is Cc1nccc([C@H]2CN(C(=O)Cc3c(C)noc3C)CCO2)n1. The van der Waals surface area contributed by atoms with Gasteiger partial charge in [0.25, 0.3) is 0 Å². The van der Waals surface area contributed by atoms with E-state index in [2.05, 4.69) is 15.1 Å². The van der Waals surface area contributed by atoms with Crippen molar-refractivity contribution in [3.05, 3.63) is 40.8 Å². The highest BCUT2D eigenvalue weighted by Gasteiger charge is 2.27. The molecular weight excluding hydrogens is 296 g/mol. The van der Waals surface area contributed by atoms with E-state index in [4.69, 9.17) is 9.26 Å². The van der Waals surface area contributed by atoms with Gasteiger partial charge in [-0.1, -0.05) is 5.16 Å². The Balaban J connectivity index is 1.70. The van der Waals surface area contributed by atoms with Crippen molar-refractivity contribution in [1.29, 1.82) is 0 Å². The first-order valence-electron chi connectivity index (χ1n) is 7.65. The average molecular weight is 316 g/mol. The van der Waals surface area contributed by atoms with Crippen molar-refractivity contribution in [3.8, 4) is 0 Å². The van der Waals surface area contributed by atoms with Gasteiger partial charge in [-0.25, -0.2) is 9.97 Å². The molecule has 0 saturated carbocycles. The maximum Gasteiger partial charge on any atom is 0.227 e. The van der Waals surface area contributed by atoms with Crippen LogP contribution in [0.4, 0.5) is 0 Å². The predicted octanol–water partition coefficient (Wildman–Crippen LogP) is 1.53. The molecule has 7 heteroatoms. The van der Waals surface area contributed by atoms with Crippen LogP contribution in [0.25, 0.3) is 0 Å². The zero-order valence-corrected chi connectivity index (χ0v) is 13.6. The third kappa shape index (κ3) is 3.39. The summed E-state index contributed by atoms with van der Waals surface area (Å²) < 4.78 is 10.9. The molecule has 1 amide bonds. The lowest BCUT2D eigenvalue weighted by Gasteiger charge is -2.32. The van der Waals surface area contributed by atoms with Crippen molar-refractivity contribution in [2.45, 2.75) is 33.3 Å². The molecule has 0 aromatic carbocycles. The molecule has 122 valence electrons. The molecule has 1 atom stereocenters. The minimum Gasteiger partial charge on any atom is -0.368 e. The number of rotatable bonds is 3. The fourth-order valence-electron chi connectivity index (χ4n) is 2.73. The predicted molar refractivity (Wildman–Crippen MR) is 81.7 cm³/mol. The molecule has 0 radical (unpaired) electrons. The van der Waals surface area contributed by atoms with Crippen molar-refractivity contribution in [3.63, 3.8) is 0 Å². The fourth-order valence-corrected chi connectivity index (χ4v) is 2.73. The molecule has 3 heterocycles. The van der Waals surface area contributed by atoms with Crippen LogP contribution in [0.2, 0.25) is 0 Å². The first kappa shape index (κ1) is 15.6. The Labute approximate surface area is 134 Å². The molecule has 1 saturated heterocycles. The van der Waals surface area contributed by atoms with Gasteiger partial charge in [-0.05, 0) is 26.8 Å². The highest BCUT2D eigenvalue weighted by atomic mass is 16.5. The van der Waals surface area contributed by atoms with Crippen LogP contribution in [-0.4, -0.2) is 45.6 Å². The zero-order chi connectivity index (χ0) is 16.4. The number of carbonyl (C=O) groups excluding carboxylic acids is 1. The second-order valence-corrected chi connectivity index (χ2v) is 5.71. The Bertz CT molecular complexity index is 694. The van der Waals surface area contributed by atoms with E-state index >= 15 is 0 Å². The van der Waals surface area contributed by atoms with Crippen LogP contribution in [0.3, 0.4) is 0 Å². The van der Waals surface area contributed by atoms with Gasteiger partial charge >= 0.3 is 0 Å². The van der Waals surface area contributed by atoms with Crippen molar-refractivity contribution < 1.29 is 14.1 Å². The maximum absolute atomic E-state index is 12.6. The van der Waals surface area contributed by atoms with E-state index in [0.29, 0.717) is 37.7 Å². The first-order valence-corrected chi connectivity index (χ1v) is 7.65. The Kier molecular flexibility index (Phi) is 4.38. The van der Waals surface area contributed by atoms with E-state index in [1.54, 1.807) is 6.20 Å². The molecule has 0 aliphatic carbocycles. The number of aromatic nitrogens is 3.